The fourth-order valence-corrected chi connectivity index (χ4v) is 5.69. The molecule has 3 aromatic rings. The van der Waals surface area contributed by atoms with Crippen LogP contribution < -0.4 is 15.4 Å². The summed E-state index contributed by atoms with van der Waals surface area (Å²) < 4.78 is 31.3. The van der Waals surface area contributed by atoms with Crippen LogP contribution in [0.15, 0.2) is 77.0 Å². The summed E-state index contributed by atoms with van der Waals surface area (Å²) >= 11 is 1.28. The Hall–Kier alpha value is -3.17. The van der Waals surface area contributed by atoms with Crippen molar-refractivity contribution < 1.29 is 22.7 Å². The predicted octanol–water partition coefficient (Wildman–Crippen LogP) is 2.70. The molecular weight excluding hydrogens is 436 g/mol. The number of hydrogen-bond donors (Lipinski definition) is 2. The van der Waals surface area contributed by atoms with E-state index in [0.29, 0.717) is 10.6 Å². The molecule has 31 heavy (non-hydrogen) atoms. The van der Waals surface area contributed by atoms with E-state index in [4.69, 9.17) is 4.74 Å². The zero-order chi connectivity index (χ0) is 22.3. The molecule has 162 valence electrons. The lowest BCUT2D eigenvalue weighted by Gasteiger charge is -2.17. The van der Waals surface area contributed by atoms with Crippen LogP contribution in [-0.2, 0) is 26.0 Å². The molecule has 0 aliphatic rings. The van der Waals surface area contributed by atoms with Crippen LogP contribution in [0.1, 0.15) is 15.7 Å². The molecule has 1 atom stereocenters. The number of ether oxygens (including phenoxy) is 1. The number of benzene rings is 2. The monoisotopic (exact) mass is 458 g/mol. The van der Waals surface area contributed by atoms with Gasteiger partial charge in [0.2, 0.25) is 0 Å². The molecular formula is C22H22N2O5S2. The van der Waals surface area contributed by atoms with Crippen molar-refractivity contribution in [2.45, 2.75) is 16.7 Å². The lowest BCUT2D eigenvalue weighted by Crippen LogP contribution is -2.42. The van der Waals surface area contributed by atoms with Gasteiger partial charge in [-0.15, -0.1) is 11.3 Å². The van der Waals surface area contributed by atoms with Gasteiger partial charge < -0.3 is 15.4 Å². The van der Waals surface area contributed by atoms with E-state index in [1.807, 2.05) is 0 Å². The number of thiophene rings is 1. The number of hydrogen-bond acceptors (Lipinski definition) is 6. The first-order chi connectivity index (χ1) is 14.9. The lowest BCUT2D eigenvalue weighted by atomic mass is 10.2. The Morgan fingerprint density at radius 3 is 2.23 bits per heavy atom. The molecule has 0 aliphatic heterocycles. The minimum Gasteiger partial charge on any atom is -0.497 e. The molecule has 0 bridgehead atoms. The molecule has 0 aliphatic carbocycles. The number of sulfone groups is 1. The zero-order valence-electron chi connectivity index (χ0n) is 16.8. The van der Waals surface area contributed by atoms with E-state index < -0.39 is 26.9 Å². The van der Waals surface area contributed by atoms with E-state index in [9.17, 15) is 18.0 Å². The van der Waals surface area contributed by atoms with Crippen molar-refractivity contribution in [3.63, 3.8) is 0 Å². The van der Waals surface area contributed by atoms with Gasteiger partial charge in [-0.25, -0.2) is 8.42 Å². The Morgan fingerprint density at radius 1 is 0.935 bits per heavy atom. The summed E-state index contributed by atoms with van der Waals surface area (Å²) in [6.07, 6.45) is 0. The van der Waals surface area contributed by atoms with Crippen LogP contribution in [0.25, 0.3) is 0 Å². The molecule has 2 aromatic carbocycles. The molecule has 1 aromatic heterocycles. The maximum atomic E-state index is 13.1. The lowest BCUT2D eigenvalue weighted by molar-refractivity contribution is -0.139. The van der Waals surface area contributed by atoms with Crippen LogP contribution in [0.5, 0.6) is 5.75 Å². The van der Waals surface area contributed by atoms with E-state index in [1.165, 1.54) is 23.5 Å². The van der Waals surface area contributed by atoms with Crippen LogP contribution in [-0.4, -0.2) is 33.9 Å². The zero-order valence-corrected chi connectivity index (χ0v) is 18.4. The van der Waals surface area contributed by atoms with Gasteiger partial charge in [-0.05, 0) is 41.3 Å². The van der Waals surface area contributed by atoms with Crippen LogP contribution in [0.2, 0.25) is 0 Å². The molecule has 0 radical (unpaired) electrons. The van der Waals surface area contributed by atoms with E-state index in [0.717, 1.165) is 5.56 Å². The minimum absolute atomic E-state index is 0.159. The second-order valence-electron chi connectivity index (χ2n) is 6.60. The Kier molecular flexibility index (Phi) is 7.43. The summed E-state index contributed by atoms with van der Waals surface area (Å²) in [5.41, 5.74) is 0.796. The molecule has 9 heteroatoms. The first-order valence-corrected chi connectivity index (χ1v) is 11.9. The fraction of sp³-hybridized carbons (Fsp3) is 0.182. The van der Waals surface area contributed by atoms with Gasteiger partial charge >= 0.3 is 11.8 Å². The van der Waals surface area contributed by atoms with Gasteiger partial charge in [-0.1, -0.05) is 36.4 Å². The Morgan fingerprint density at radius 2 is 1.61 bits per heavy atom. The van der Waals surface area contributed by atoms with Crippen molar-refractivity contribution in [2.24, 2.45) is 0 Å². The van der Waals surface area contributed by atoms with Gasteiger partial charge in [0.15, 0.2) is 9.84 Å². The van der Waals surface area contributed by atoms with Gasteiger partial charge in [-0.2, -0.15) is 0 Å². The fourth-order valence-electron chi connectivity index (χ4n) is 2.88. The molecule has 7 nitrogen and oxygen atoms in total. The van der Waals surface area contributed by atoms with E-state index >= 15 is 0 Å². The quantitative estimate of drug-likeness (QED) is 0.506. The smallest absolute Gasteiger partial charge is 0.309 e. The number of carbonyl (C=O) groups is 2. The van der Waals surface area contributed by atoms with Crippen LogP contribution >= 0.6 is 11.3 Å². The van der Waals surface area contributed by atoms with E-state index in [-0.39, 0.29) is 18.0 Å². The maximum absolute atomic E-state index is 13.1. The standard InChI is InChI=1S/C22H22N2O5S2/c1-29-17-11-9-16(10-12-17)14-23-21(25)22(26)24-15-20(19-8-5-13-30-19)31(27,28)18-6-3-2-4-7-18/h2-13,20H,14-15H2,1H3,(H,23,25)(H,24,26)/t20-/m1/s1. The van der Waals surface area contributed by atoms with Crippen LogP contribution in [0.3, 0.4) is 0 Å². The van der Waals surface area contributed by atoms with Crippen molar-refractivity contribution in [2.75, 3.05) is 13.7 Å². The maximum Gasteiger partial charge on any atom is 0.309 e. The average molecular weight is 459 g/mol. The third-order valence-electron chi connectivity index (χ3n) is 4.57. The molecule has 0 fully saturated rings. The highest BCUT2D eigenvalue weighted by Gasteiger charge is 2.31. The molecule has 0 spiro atoms. The summed E-state index contributed by atoms with van der Waals surface area (Å²) in [4.78, 5) is 25.2. The molecule has 0 saturated carbocycles. The molecule has 2 amide bonds. The van der Waals surface area contributed by atoms with Crippen molar-refractivity contribution in [1.82, 2.24) is 10.6 Å². The Labute approximate surface area is 185 Å². The summed E-state index contributed by atoms with van der Waals surface area (Å²) in [5, 5.41) is 5.76. The normalized spacial score (nSPS) is 12.0. The summed E-state index contributed by atoms with van der Waals surface area (Å²) in [6, 6.07) is 18.5. The van der Waals surface area contributed by atoms with Gasteiger partial charge in [0, 0.05) is 18.0 Å². The van der Waals surface area contributed by atoms with Crippen molar-refractivity contribution in [1.29, 1.82) is 0 Å². The number of rotatable bonds is 8. The highest BCUT2D eigenvalue weighted by molar-refractivity contribution is 7.91. The SMILES string of the molecule is COc1ccc(CNC(=O)C(=O)NC[C@H](c2cccs2)S(=O)(=O)c2ccccc2)cc1. The van der Waals surface area contributed by atoms with Gasteiger partial charge in [-0.3, -0.25) is 9.59 Å². The topological polar surface area (TPSA) is 102 Å². The highest BCUT2D eigenvalue weighted by Crippen LogP contribution is 2.31. The van der Waals surface area contributed by atoms with E-state index in [1.54, 1.807) is 67.1 Å². The van der Waals surface area contributed by atoms with Crippen molar-refractivity contribution in [3.8, 4) is 5.75 Å². The number of methoxy groups -OCH3 is 1. The number of carbonyl (C=O) groups excluding carboxylic acids is 2. The third kappa shape index (κ3) is 5.71. The molecule has 0 saturated heterocycles. The molecule has 0 unspecified atom stereocenters. The number of amides is 2. The van der Waals surface area contributed by atoms with Crippen molar-refractivity contribution in [3.05, 3.63) is 82.6 Å². The van der Waals surface area contributed by atoms with Crippen LogP contribution in [0, 0.1) is 0 Å². The molecule has 1 heterocycles. The van der Waals surface area contributed by atoms with Crippen molar-refractivity contribution >= 4 is 33.0 Å². The van der Waals surface area contributed by atoms with Gasteiger partial charge in [0.25, 0.3) is 0 Å². The second-order valence-corrected chi connectivity index (χ2v) is 9.71. The largest absolute Gasteiger partial charge is 0.497 e. The number of nitrogens with one attached hydrogen (secondary N) is 2. The van der Waals surface area contributed by atoms with Gasteiger partial charge in [0.1, 0.15) is 11.0 Å². The second kappa shape index (κ2) is 10.2. The molecule has 2 N–H and O–H groups in total. The van der Waals surface area contributed by atoms with Crippen LogP contribution in [0.4, 0.5) is 0 Å². The minimum atomic E-state index is -3.76. The molecule has 3 rings (SSSR count). The summed E-state index contributed by atoms with van der Waals surface area (Å²) in [5.74, 6) is -1.04. The Bertz CT molecular complexity index is 1110. The first-order valence-electron chi connectivity index (χ1n) is 9.43. The van der Waals surface area contributed by atoms with Gasteiger partial charge in [0.05, 0.1) is 12.0 Å². The average Bonchev–Trinajstić information content (AvgIpc) is 3.32. The summed E-state index contributed by atoms with van der Waals surface area (Å²) in [7, 11) is -2.20. The Balaban J connectivity index is 1.64. The first kappa shape index (κ1) is 22.5. The predicted molar refractivity (Wildman–Crippen MR) is 119 cm³/mol. The van der Waals surface area contributed by atoms with E-state index in [2.05, 4.69) is 10.6 Å². The third-order valence-corrected chi connectivity index (χ3v) is 7.81. The highest BCUT2D eigenvalue weighted by atomic mass is 32.2. The summed E-state index contributed by atoms with van der Waals surface area (Å²) in [6.45, 7) is -0.0561.